The molecule has 1 aromatic heterocycles. The molecule has 2 atom stereocenters. The summed E-state index contributed by atoms with van der Waals surface area (Å²) in [5.41, 5.74) is 1.64. The Hall–Kier alpha value is -1.50. The molecule has 0 spiro atoms. The van der Waals surface area contributed by atoms with Gasteiger partial charge in [-0.15, -0.1) is 0 Å². The van der Waals surface area contributed by atoms with E-state index in [9.17, 15) is 9.90 Å². The quantitative estimate of drug-likeness (QED) is 0.844. The highest BCUT2D eigenvalue weighted by Crippen LogP contribution is 2.29. The third-order valence-electron chi connectivity index (χ3n) is 4.71. The Morgan fingerprint density at radius 2 is 2.14 bits per heavy atom. The first-order valence-corrected chi connectivity index (χ1v) is 7.87. The van der Waals surface area contributed by atoms with Gasteiger partial charge in [-0.1, -0.05) is 0 Å². The molecule has 0 aromatic carbocycles. The summed E-state index contributed by atoms with van der Waals surface area (Å²) in [6.45, 7) is 2.99. The number of aliphatic hydroxyl groups excluding tert-OH is 1. The fraction of sp³-hybridized carbons (Fsp3) is 0.625. The molecule has 0 bridgehead atoms. The van der Waals surface area contributed by atoms with Crippen LogP contribution in [-0.2, 0) is 4.74 Å². The molecule has 6 nitrogen and oxygen atoms in total. The summed E-state index contributed by atoms with van der Waals surface area (Å²) in [6.07, 6.45) is 3.33. The molecule has 2 N–H and O–H groups in total. The molecule has 22 heavy (non-hydrogen) atoms. The largest absolute Gasteiger partial charge is 0.389 e. The third kappa shape index (κ3) is 3.14. The van der Waals surface area contributed by atoms with E-state index >= 15 is 0 Å². The number of likely N-dealkylation sites (tertiary alicyclic amines) is 1. The summed E-state index contributed by atoms with van der Waals surface area (Å²) in [4.78, 5) is 18.3. The average molecular weight is 305 g/mol. The van der Waals surface area contributed by atoms with Gasteiger partial charge in [-0.25, -0.2) is 0 Å². The molecule has 6 heteroatoms. The van der Waals surface area contributed by atoms with Crippen LogP contribution in [-0.4, -0.2) is 66.4 Å². The van der Waals surface area contributed by atoms with Gasteiger partial charge in [0.2, 0.25) is 0 Å². The second-order valence-corrected chi connectivity index (χ2v) is 6.03. The number of carbonyl (C=O) groups excluding carboxylic acids is 1. The predicted molar refractivity (Wildman–Crippen MR) is 81.8 cm³/mol. The van der Waals surface area contributed by atoms with Gasteiger partial charge in [0.15, 0.2) is 0 Å². The van der Waals surface area contributed by atoms with Crippen LogP contribution in [0.3, 0.4) is 0 Å². The Morgan fingerprint density at radius 1 is 1.36 bits per heavy atom. The SMILES string of the molecule is CNC(=O)c1ccc(C2CCN([C@H]3COC[C@@H]3O)CC2)nc1. The number of aliphatic hydroxyl groups is 1. The van der Waals surface area contributed by atoms with E-state index in [-0.39, 0.29) is 18.1 Å². The van der Waals surface area contributed by atoms with E-state index in [1.807, 2.05) is 12.1 Å². The molecule has 2 aliphatic rings. The maximum atomic E-state index is 11.5. The first-order valence-electron chi connectivity index (χ1n) is 7.87. The van der Waals surface area contributed by atoms with Gasteiger partial charge < -0.3 is 15.2 Å². The highest BCUT2D eigenvalue weighted by molar-refractivity contribution is 5.93. The minimum atomic E-state index is -0.360. The molecule has 2 aliphatic heterocycles. The molecule has 0 aliphatic carbocycles. The number of pyridine rings is 1. The van der Waals surface area contributed by atoms with Crippen molar-refractivity contribution in [3.63, 3.8) is 0 Å². The zero-order chi connectivity index (χ0) is 15.5. The van der Waals surface area contributed by atoms with Crippen LogP contribution < -0.4 is 5.32 Å². The van der Waals surface area contributed by atoms with Gasteiger partial charge in [-0.05, 0) is 38.1 Å². The Bertz CT molecular complexity index is 512. The summed E-state index contributed by atoms with van der Waals surface area (Å²) in [5.74, 6) is 0.318. The summed E-state index contributed by atoms with van der Waals surface area (Å²) >= 11 is 0. The van der Waals surface area contributed by atoms with Crippen molar-refractivity contribution in [2.45, 2.75) is 30.9 Å². The van der Waals surface area contributed by atoms with Crippen molar-refractivity contribution in [3.8, 4) is 0 Å². The lowest BCUT2D eigenvalue weighted by atomic mass is 9.91. The van der Waals surface area contributed by atoms with Crippen LogP contribution in [0.25, 0.3) is 0 Å². The van der Waals surface area contributed by atoms with Gasteiger partial charge in [0.1, 0.15) is 0 Å². The summed E-state index contributed by atoms with van der Waals surface area (Å²) in [6, 6.07) is 3.94. The second kappa shape index (κ2) is 6.73. The molecule has 2 fully saturated rings. The number of piperidine rings is 1. The maximum absolute atomic E-state index is 11.5. The Balaban J connectivity index is 1.58. The number of hydrogen-bond donors (Lipinski definition) is 2. The maximum Gasteiger partial charge on any atom is 0.252 e. The van der Waals surface area contributed by atoms with Crippen LogP contribution in [0, 0.1) is 0 Å². The fourth-order valence-corrected chi connectivity index (χ4v) is 3.33. The van der Waals surface area contributed by atoms with E-state index in [0.29, 0.717) is 24.7 Å². The number of nitrogens with one attached hydrogen (secondary N) is 1. The fourth-order valence-electron chi connectivity index (χ4n) is 3.33. The van der Waals surface area contributed by atoms with Crippen LogP contribution in [0.4, 0.5) is 0 Å². The molecule has 3 rings (SSSR count). The van der Waals surface area contributed by atoms with Crippen LogP contribution >= 0.6 is 0 Å². The molecule has 1 amide bonds. The molecule has 0 saturated carbocycles. The van der Waals surface area contributed by atoms with E-state index in [0.717, 1.165) is 31.6 Å². The van der Waals surface area contributed by atoms with Gasteiger partial charge in [0.05, 0.1) is 30.9 Å². The van der Waals surface area contributed by atoms with E-state index in [4.69, 9.17) is 4.74 Å². The monoisotopic (exact) mass is 305 g/mol. The van der Waals surface area contributed by atoms with Crippen LogP contribution in [0.1, 0.15) is 34.8 Å². The van der Waals surface area contributed by atoms with Crippen molar-refractivity contribution in [1.29, 1.82) is 0 Å². The molecular weight excluding hydrogens is 282 g/mol. The Kier molecular flexibility index (Phi) is 4.71. The first kappa shape index (κ1) is 15.4. The number of carbonyl (C=O) groups is 1. The number of nitrogens with zero attached hydrogens (tertiary/aromatic N) is 2. The summed E-state index contributed by atoms with van der Waals surface area (Å²) < 4.78 is 5.34. The molecule has 1 aromatic rings. The molecule has 120 valence electrons. The molecular formula is C16H23N3O3. The normalized spacial score (nSPS) is 27.0. The minimum absolute atomic E-state index is 0.107. The zero-order valence-electron chi connectivity index (χ0n) is 12.9. The summed E-state index contributed by atoms with van der Waals surface area (Å²) in [7, 11) is 1.62. The van der Waals surface area contributed by atoms with Gasteiger partial charge in [0.25, 0.3) is 5.91 Å². The number of amides is 1. The van der Waals surface area contributed by atoms with Gasteiger partial charge >= 0.3 is 0 Å². The molecule has 0 unspecified atom stereocenters. The predicted octanol–water partition coefficient (Wildman–Crippen LogP) is 0.380. The number of hydrogen-bond acceptors (Lipinski definition) is 5. The lowest BCUT2D eigenvalue weighted by Crippen LogP contribution is -2.46. The second-order valence-electron chi connectivity index (χ2n) is 6.03. The topological polar surface area (TPSA) is 74.7 Å². The van der Waals surface area contributed by atoms with E-state index in [1.54, 1.807) is 13.2 Å². The van der Waals surface area contributed by atoms with Gasteiger partial charge in [-0.2, -0.15) is 0 Å². The van der Waals surface area contributed by atoms with E-state index in [1.165, 1.54) is 0 Å². The first-order chi connectivity index (χ1) is 10.7. The standard InChI is InChI=1S/C16H23N3O3/c1-17-16(21)12-2-3-13(18-8-12)11-4-6-19(7-5-11)14-9-22-10-15(14)20/h2-3,8,11,14-15,20H,4-7,9-10H2,1H3,(H,17,21)/t14-,15-/m0/s1. The Morgan fingerprint density at radius 3 is 2.68 bits per heavy atom. The lowest BCUT2D eigenvalue weighted by Gasteiger charge is -2.36. The number of ether oxygens (including phenoxy) is 1. The van der Waals surface area contributed by atoms with Crippen molar-refractivity contribution in [2.75, 3.05) is 33.4 Å². The van der Waals surface area contributed by atoms with Crippen molar-refractivity contribution < 1.29 is 14.6 Å². The summed E-state index contributed by atoms with van der Waals surface area (Å²) in [5, 5.41) is 12.5. The highest BCUT2D eigenvalue weighted by atomic mass is 16.5. The van der Waals surface area contributed by atoms with Crippen LogP contribution in [0.15, 0.2) is 18.3 Å². The average Bonchev–Trinajstić information content (AvgIpc) is 3.00. The minimum Gasteiger partial charge on any atom is -0.389 e. The highest BCUT2D eigenvalue weighted by Gasteiger charge is 2.34. The van der Waals surface area contributed by atoms with Crippen molar-refractivity contribution >= 4 is 5.91 Å². The van der Waals surface area contributed by atoms with Gasteiger partial charge in [-0.3, -0.25) is 14.7 Å². The van der Waals surface area contributed by atoms with Crippen LogP contribution in [0.5, 0.6) is 0 Å². The molecule has 2 saturated heterocycles. The van der Waals surface area contributed by atoms with Crippen molar-refractivity contribution in [1.82, 2.24) is 15.2 Å². The van der Waals surface area contributed by atoms with Crippen LogP contribution in [0.2, 0.25) is 0 Å². The zero-order valence-corrected chi connectivity index (χ0v) is 12.9. The van der Waals surface area contributed by atoms with Gasteiger partial charge in [0, 0.05) is 24.9 Å². The molecule has 0 radical (unpaired) electrons. The third-order valence-corrected chi connectivity index (χ3v) is 4.71. The molecule has 3 heterocycles. The number of aromatic nitrogens is 1. The Labute approximate surface area is 130 Å². The smallest absolute Gasteiger partial charge is 0.252 e. The van der Waals surface area contributed by atoms with Crippen molar-refractivity contribution in [2.24, 2.45) is 0 Å². The van der Waals surface area contributed by atoms with Crippen molar-refractivity contribution in [3.05, 3.63) is 29.6 Å². The van der Waals surface area contributed by atoms with E-state index in [2.05, 4.69) is 15.2 Å². The number of rotatable bonds is 3. The van der Waals surface area contributed by atoms with E-state index < -0.39 is 0 Å². The lowest BCUT2D eigenvalue weighted by molar-refractivity contribution is 0.0660.